The lowest BCUT2D eigenvalue weighted by Crippen LogP contribution is -2.08. The van der Waals surface area contributed by atoms with Gasteiger partial charge in [0, 0.05) is 20.6 Å². The summed E-state index contributed by atoms with van der Waals surface area (Å²) < 4.78 is 3.05. The fourth-order valence-corrected chi connectivity index (χ4v) is 3.81. The molecule has 5 nitrogen and oxygen atoms in total. The molecule has 1 N–H and O–H groups in total. The monoisotopic (exact) mass is 375 g/mol. The maximum absolute atomic E-state index is 10.7. The first-order valence-electron chi connectivity index (χ1n) is 5.98. The van der Waals surface area contributed by atoms with E-state index < -0.39 is 5.97 Å². The zero-order chi connectivity index (χ0) is 14.7. The first kappa shape index (κ1) is 15.5. The second-order valence-electron chi connectivity index (χ2n) is 4.50. The van der Waals surface area contributed by atoms with Crippen molar-refractivity contribution in [2.75, 3.05) is 5.75 Å². The molecule has 108 valence electrons. The number of aliphatic carboxylic acids is 1. The number of carboxylic acid groups (broad SMARTS) is 1. The summed E-state index contributed by atoms with van der Waals surface area (Å²) in [7, 11) is 0. The molecule has 0 spiro atoms. The molecule has 0 aliphatic rings. The minimum atomic E-state index is -0.852. The van der Waals surface area contributed by atoms with E-state index in [0.717, 1.165) is 10.3 Å². The predicted octanol–water partition coefficient (Wildman–Crippen LogP) is 3.45. The second-order valence-corrected chi connectivity index (χ2v) is 7.35. The van der Waals surface area contributed by atoms with Gasteiger partial charge in [0.15, 0.2) is 5.16 Å². The van der Waals surface area contributed by atoms with Crippen molar-refractivity contribution in [3.8, 4) is 0 Å². The molecule has 0 amide bonds. The molecule has 2 heterocycles. The lowest BCUT2D eigenvalue weighted by atomic mass is 10.2. The quantitative estimate of drug-likeness (QED) is 0.783. The van der Waals surface area contributed by atoms with Crippen LogP contribution in [0.3, 0.4) is 0 Å². The van der Waals surface area contributed by atoms with Crippen molar-refractivity contribution in [1.29, 1.82) is 0 Å². The Kier molecular flexibility index (Phi) is 5.22. The van der Waals surface area contributed by atoms with Gasteiger partial charge in [0.2, 0.25) is 0 Å². The van der Waals surface area contributed by atoms with E-state index in [1.807, 2.05) is 9.95 Å². The van der Waals surface area contributed by atoms with Crippen LogP contribution in [0.15, 0.2) is 21.1 Å². The standard InChI is InChI=1S/C12H14BrN3O2S2/c1-7(2)11-14-15-12(20-6-10(17)18)16(11)4-9-3-8(13)5-19-9/h3,5,7H,4,6H2,1-2H3,(H,17,18). The molecule has 2 rings (SSSR count). The number of thiophene rings is 1. The van der Waals surface area contributed by atoms with Gasteiger partial charge in [0.05, 0.1) is 12.3 Å². The maximum Gasteiger partial charge on any atom is 0.313 e. The smallest absolute Gasteiger partial charge is 0.313 e. The third-order valence-corrected chi connectivity index (χ3v) is 5.16. The minimum Gasteiger partial charge on any atom is -0.481 e. The lowest BCUT2D eigenvalue weighted by molar-refractivity contribution is -0.133. The molecular weight excluding hydrogens is 362 g/mol. The van der Waals surface area contributed by atoms with Crippen molar-refractivity contribution in [2.45, 2.75) is 31.5 Å². The summed E-state index contributed by atoms with van der Waals surface area (Å²) in [6.07, 6.45) is 0. The van der Waals surface area contributed by atoms with Crippen molar-refractivity contribution in [2.24, 2.45) is 0 Å². The Morgan fingerprint density at radius 3 is 2.85 bits per heavy atom. The summed E-state index contributed by atoms with van der Waals surface area (Å²) in [5.74, 6) is 0.256. The highest BCUT2D eigenvalue weighted by molar-refractivity contribution is 9.10. The van der Waals surface area contributed by atoms with Crippen LogP contribution in [0.1, 0.15) is 30.5 Å². The van der Waals surface area contributed by atoms with Crippen LogP contribution < -0.4 is 0 Å². The number of halogens is 1. The predicted molar refractivity (Wildman–Crippen MR) is 83.6 cm³/mol. The second kappa shape index (κ2) is 6.73. The Labute approximate surface area is 133 Å². The van der Waals surface area contributed by atoms with Crippen LogP contribution >= 0.6 is 39.0 Å². The zero-order valence-electron chi connectivity index (χ0n) is 11.0. The van der Waals surface area contributed by atoms with Crippen LogP contribution in [0.25, 0.3) is 0 Å². The van der Waals surface area contributed by atoms with Gasteiger partial charge in [-0.25, -0.2) is 0 Å². The average Bonchev–Trinajstić information content (AvgIpc) is 2.94. The topological polar surface area (TPSA) is 68.0 Å². The first-order valence-corrected chi connectivity index (χ1v) is 8.63. The van der Waals surface area contributed by atoms with E-state index in [0.29, 0.717) is 11.7 Å². The van der Waals surface area contributed by atoms with Gasteiger partial charge < -0.3 is 9.67 Å². The third kappa shape index (κ3) is 3.83. The van der Waals surface area contributed by atoms with Gasteiger partial charge in [-0.3, -0.25) is 4.79 Å². The molecule has 8 heteroatoms. The third-order valence-electron chi connectivity index (χ3n) is 2.52. The van der Waals surface area contributed by atoms with Crippen molar-refractivity contribution < 1.29 is 9.90 Å². The molecule has 0 aliphatic carbocycles. The van der Waals surface area contributed by atoms with Crippen molar-refractivity contribution in [3.63, 3.8) is 0 Å². The number of nitrogens with zero attached hydrogens (tertiary/aromatic N) is 3. The number of carboxylic acids is 1. The van der Waals surface area contributed by atoms with Crippen molar-refractivity contribution >= 4 is 45.0 Å². The molecule has 0 bridgehead atoms. The Balaban J connectivity index is 2.26. The summed E-state index contributed by atoms with van der Waals surface area (Å²) in [5.41, 5.74) is 0. The number of thioether (sulfide) groups is 1. The molecular formula is C12H14BrN3O2S2. The van der Waals surface area contributed by atoms with Gasteiger partial charge >= 0.3 is 5.97 Å². The average molecular weight is 376 g/mol. The minimum absolute atomic E-state index is 0.00956. The van der Waals surface area contributed by atoms with E-state index in [4.69, 9.17) is 5.11 Å². The fraction of sp³-hybridized carbons (Fsp3) is 0.417. The van der Waals surface area contributed by atoms with E-state index in [2.05, 4.69) is 46.0 Å². The molecule has 0 radical (unpaired) electrons. The van der Waals surface area contributed by atoms with Crippen LogP contribution in [0, 0.1) is 0 Å². The summed E-state index contributed by atoms with van der Waals surface area (Å²) in [5, 5.41) is 19.8. The molecule has 0 unspecified atom stereocenters. The number of aromatic nitrogens is 3. The molecule has 0 fully saturated rings. The largest absolute Gasteiger partial charge is 0.481 e. The molecule has 0 saturated carbocycles. The van der Waals surface area contributed by atoms with Crippen LogP contribution in [0.2, 0.25) is 0 Å². The molecule has 0 atom stereocenters. The van der Waals surface area contributed by atoms with Gasteiger partial charge in [-0.15, -0.1) is 21.5 Å². The zero-order valence-corrected chi connectivity index (χ0v) is 14.3. The lowest BCUT2D eigenvalue weighted by Gasteiger charge is -2.10. The van der Waals surface area contributed by atoms with Crippen molar-refractivity contribution in [1.82, 2.24) is 14.8 Å². The Morgan fingerprint density at radius 1 is 1.55 bits per heavy atom. The van der Waals surface area contributed by atoms with Crippen LogP contribution in [-0.4, -0.2) is 31.6 Å². The van der Waals surface area contributed by atoms with E-state index in [1.165, 1.54) is 16.6 Å². The van der Waals surface area contributed by atoms with E-state index in [1.54, 1.807) is 11.3 Å². The molecule has 20 heavy (non-hydrogen) atoms. The SMILES string of the molecule is CC(C)c1nnc(SCC(=O)O)n1Cc1cc(Br)cs1. The van der Waals surface area contributed by atoms with E-state index >= 15 is 0 Å². The van der Waals surface area contributed by atoms with E-state index in [9.17, 15) is 4.79 Å². The van der Waals surface area contributed by atoms with Crippen LogP contribution in [-0.2, 0) is 11.3 Å². The van der Waals surface area contributed by atoms with Gasteiger partial charge in [-0.2, -0.15) is 0 Å². The van der Waals surface area contributed by atoms with Gasteiger partial charge in [-0.1, -0.05) is 25.6 Å². The molecule has 0 aromatic carbocycles. The first-order chi connectivity index (χ1) is 9.47. The van der Waals surface area contributed by atoms with Gasteiger partial charge in [0.25, 0.3) is 0 Å². The number of rotatable bonds is 6. The van der Waals surface area contributed by atoms with Gasteiger partial charge in [-0.05, 0) is 22.0 Å². The summed E-state index contributed by atoms with van der Waals surface area (Å²) in [4.78, 5) is 11.9. The molecule has 2 aromatic heterocycles. The summed E-state index contributed by atoms with van der Waals surface area (Å²) in [6.45, 7) is 4.77. The number of carbonyl (C=O) groups is 1. The van der Waals surface area contributed by atoms with Crippen LogP contribution in [0.5, 0.6) is 0 Å². The Hall–Kier alpha value is -0.860. The fourth-order valence-electron chi connectivity index (χ4n) is 1.70. The van der Waals surface area contributed by atoms with E-state index in [-0.39, 0.29) is 11.7 Å². The molecule has 2 aromatic rings. The maximum atomic E-state index is 10.7. The highest BCUT2D eigenvalue weighted by Gasteiger charge is 2.17. The van der Waals surface area contributed by atoms with Crippen molar-refractivity contribution in [3.05, 3.63) is 26.6 Å². The summed E-state index contributed by atoms with van der Waals surface area (Å²) >= 11 is 6.29. The number of hydrogen-bond acceptors (Lipinski definition) is 5. The highest BCUT2D eigenvalue weighted by Crippen LogP contribution is 2.26. The normalized spacial score (nSPS) is 11.2. The van der Waals surface area contributed by atoms with Gasteiger partial charge in [0.1, 0.15) is 5.82 Å². The molecule has 0 saturated heterocycles. The Bertz CT molecular complexity index is 610. The Morgan fingerprint density at radius 2 is 2.30 bits per heavy atom. The van der Waals surface area contributed by atoms with Crippen LogP contribution in [0.4, 0.5) is 0 Å². The highest BCUT2D eigenvalue weighted by atomic mass is 79.9. The summed E-state index contributed by atoms with van der Waals surface area (Å²) in [6, 6.07) is 2.06. The molecule has 0 aliphatic heterocycles. The number of hydrogen-bond donors (Lipinski definition) is 1.